The summed E-state index contributed by atoms with van der Waals surface area (Å²) in [4.78, 5) is 20.8. The van der Waals surface area contributed by atoms with E-state index in [4.69, 9.17) is 31.2 Å². The molecule has 26 heavy (non-hydrogen) atoms. The molecule has 2 aromatic rings. The Kier molecular flexibility index (Phi) is 7.75. The zero-order chi connectivity index (χ0) is 19.7. The van der Waals surface area contributed by atoms with Crippen LogP contribution in [0, 0.1) is 0 Å². The molecule has 0 aliphatic heterocycles. The molecule has 0 aliphatic carbocycles. The molecule has 0 aliphatic rings. The van der Waals surface area contributed by atoms with Crippen molar-refractivity contribution >= 4 is 23.3 Å². The average molecular weight is 362 g/mol. The third kappa shape index (κ3) is 7.43. The van der Waals surface area contributed by atoms with Crippen molar-refractivity contribution < 1.29 is 29.3 Å². The summed E-state index contributed by atoms with van der Waals surface area (Å²) in [5.74, 6) is -0.971. The smallest absolute Gasteiger partial charge is 0.344 e. The fourth-order valence-electron chi connectivity index (χ4n) is 1.60. The van der Waals surface area contributed by atoms with Gasteiger partial charge in [-0.25, -0.2) is 9.59 Å². The molecule has 2 unspecified atom stereocenters. The molecule has 0 radical (unpaired) electrons. The Hall–Kier alpha value is -3.42. The Bertz CT molecular complexity index is 652. The molecule has 140 valence electrons. The molecule has 0 fully saturated rings. The molecular weight excluding hydrogens is 340 g/mol. The van der Waals surface area contributed by atoms with Gasteiger partial charge in [-0.1, -0.05) is 0 Å². The number of hydrogen-bond acceptors (Lipinski definition) is 6. The van der Waals surface area contributed by atoms with Crippen molar-refractivity contribution in [1.29, 1.82) is 0 Å². The predicted octanol–water partition coefficient (Wildman–Crippen LogP) is 2.24. The van der Waals surface area contributed by atoms with E-state index < -0.39 is 24.1 Å². The second-order valence-corrected chi connectivity index (χ2v) is 5.33. The van der Waals surface area contributed by atoms with E-state index >= 15 is 0 Å². The summed E-state index contributed by atoms with van der Waals surface area (Å²) in [6, 6.07) is 13.2. The van der Waals surface area contributed by atoms with Gasteiger partial charge in [0, 0.05) is 11.4 Å². The number of carbonyl (C=O) groups is 2. The highest BCUT2D eigenvalue weighted by molar-refractivity contribution is 5.72. The van der Waals surface area contributed by atoms with Crippen LogP contribution in [0.15, 0.2) is 48.5 Å². The Morgan fingerprint density at radius 1 is 0.731 bits per heavy atom. The molecule has 0 bridgehead atoms. The average Bonchev–Trinajstić information content (AvgIpc) is 2.59. The lowest BCUT2D eigenvalue weighted by Gasteiger charge is -2.09. The maximum Gasteiger partial charge on any atom is 0.344 e. The normalized spacial score (nSPS) is 12.1. The Labute approximate surface area is 151 Å². The van der Waals surface area contributed by atoms with Crippen LogP contribution < -0.4 is 20.9 Å². The van der Waals surface area contributed by atoms with Gasteiger partial charge in [0.25, 0.3) is 0 Å². The van der Waals surface area contributed by atoms with Crippen molar-refractivity contribution in [2.75, 3.05) is 11.5 Å². The summed E-state index contributed by atoms with van der Waals surface area (Å²) in [5, 5.41) is 17.1. The van der Waals surface area contributed by atoms with E-state index in [1.54, 1.807) is 48.5 Å². The fraction of sp³-hybridized carbons (Fsp3) is 0.222. The van der Waals surface area contributed by atoms with Crippen LogP contribution in [0.5, 0.6) is 11.5 Å². The minimum absolute atomic E-state index is 0.504. The molecule has 2 rings (SSSR count). The molecule has 0 aromatic heterocycles. The number of aliphatic carboxylic acids is 2. The molecule has 2 aromatic carbocycles. The van der Waals surface area contributed by atoms with Crippen LogP contribution in [-0.4, -0.2) is 34.4 Å². The maximum atomic E-state index is 10.4. The Morgan fingerprint density at radius 3 is 1.23 bits per heavy atom. The zero-order valence-corrected chi connectivity index (χ0v) is 14.5. The van der Waals surface area contributed by atoms with E-state index in [2.05, 4.69) is 0 Å². The topological polar surface area (TPSA) is 145 Å². The molecule has 0 amide bonds. The summed E-state index contributed by atoms with van der Waals surface area (Å²) in [7, 11) is 0. The van der Waals surface area contributed by atoms with Gasteiger partial charge in [-0.3, -0.25) is 0 Å². The first-order chi connectivity index (χ1) is 12.2. The van der Waals surface area contributed by atoms with Crippen LogP contribution in [0.3, 0.4) is 0 Å². The number of nitrogens with two attached hydrogens (primary N) is 2. The van der Waals surface area contributed by atoms with Gasteiger partial charge < -0.3 is 31.2 Å². The summed E-state index contributed by atoms with van der Waals surface area (Å²) in [5.41, 5.74) is 12.1. The molecule has 0 saturated heterocycles. The third-order valence-corrected chi connectivity index (χ3v) is 3.08. The number of benzene rings is 2. The molecule has 6 N–H and O–H groups in total. The van der Waals surface area contributed by atoms with Crippen molar-refractivity contribution in [3.8, 4) is 11.5 Å². The SMILES string of the molecule is CC(Oc1ccc(N)cc1)C(=O)O.CC(Oc1ccc(N)cc1)C(=O)O. The number of rotatable bonds is 6. The lowest BCUT2D eigenvalue weighted by atomic mass is 10.3. The van der Waals surface area contributed by atoms with Gasteiger partial charge in [0.2, 0.25) is 0 Å². The molecular formula is C18H22N2O6. The fourth-order valence-corrected chi connectivity index (χ4v) is 1.60. The van der Waals surface area contributed by atoms with E-state index in [9.17, 15) is 9.59 Å². The first-order valence-corrected chi connectivity index (χ1v) is 7.69. The van der Waals surface area contributed by atoms with Gasteiger partial charge in [-0.2, -0.15) is 0 Å². The molecule has 8 nitrogen and oxygen atoms in total. The second kappa shape index (κ2) is 9.77. The summed E-state index contributed by atoms with van der Waals surface area (Å²) in [6.45, 7) is 2.94. The zero-order valence-electron chi connectivity index (χ0n) is 14.5. The van der Waals surface area contributed by atoms with Crippen LogP contribution in [0.25, 0.3) is 0 Å². The van der Waals surface area contributed by atoms with Crippen molar-refractivity contribution in [3.63, 3.8) is 0 Å². The Balaban J connectivity index is 0.000000260. The van der Waals surface area contributed by atoms with Crippen LogP contribution in [-0.2, 0) is 9.59 Å². The highest BCUT2D eigenvalue weighted by Crippen LogP contribution is 2.15. The monoisotopic (exact) mass is 362 g/mol. The van der Waals surface area contributed by atoms with Crippen molar-refractivity contribution in [2.24, 2.45) is 0 Å². The van der Waals surface area contributed by atoms with E-state index in [0.29, 0.717) is 22.9 Å². The molecule has 0 spiro atoms. The van der Waals surface area contributed by atoms with E-state index in [1.807, 2.05) is 0 Å². The number of hydrogen-bond donors (Lipinski definition) is 4. The summed E-state index contributed by atoms with van der Waals surface area (Å²) >= 11 is 0. The maximum absolute atomic E-state index is 10.4. The van der Waals surface area contributed by atoms with Crippen molar-refractivity contribution in [3.05, 3.63) is 48.5 Å². The first-order valence-electron chi connectivity index (χ1n) is 7.69. The molecule has 0 heterocycles. The Morgan fingerprint density at radius 2 is 1.00 bits per heavy atom. The quantitative estimate of drug-likeness (QED) is 0.572. The molecule has 8 heteroatoms. The van der Waals surface area contributed by atoms with Gasteiger partial charge in [0.15, 0.2) is 12.2 Å². The standard InChI is InChI=1S/2C9H11NO3/c2*1-6(9(11)12)13-8-4-2-7(10)3-5-8/h2*2-6H,10H2,1H3,(H,11,12). The minimum Gasteiger partial charge on any atom is -0.479 e. The van der Waals surface area contributed by atoms with Gasteiger partial charge in [0.05, 0.1) is 0 Å². The van der Waals surface area contributed by atoms with E-state index in [0.717, 1.165) is 0 Å². The first kappa shape index (κ1) is 20.6. The van der Waals surface area contributed by atoms with E-state index in [-0.39, 0.29) is 0 Å². The highest BCUT2D eigenvalue weighted by atomic mass is 16.5. The second-order valence-electron chi connectivity index (χ2n) is 5.33. The number of anilines is 2. The highest BCUT2D eigenvalue weighted by Gasteiger charge is 2.12. The number of nitrogen functional groups attached to an aromatic ring is 2. The van der Waals surface area contributed by atoms with Crippen LogP contribution in [0.4, 0.5) is 11.4 Å². The molecule has 0 saturated carbocycles. The number of carboxylic acid groups (broad SMARTS) is 2. The minimum atomic E-state index is -0.989. The largest absolute Gasteiger partial charge is 0.479 e. The summed E-state index contributed by atoms with van der Waals surface area (Å²) in [6.07, 6.45) is -1.69. The van der Waals surface area contributed by atoms with Crippen LogP contribution >= 0.6 is 0 Å². The van der Waals surface area contributed by atoms with Gasteiger partial charge in [-0.05, 0) is 62.4 Å². The molecule has 2 atom stereocenters. The van der Waals surface area contributed by atoms with Crippen molar-refractivity contribution in [1.82, 2.24) is 0 Å². The van der Waals surface area contributed by atoms with Crippen LogP contribution in [0.1, 0.15) is 13.8 Å². The van der Waals surface area contributed by atoms with Gasteiger partial charge in [-0.15, -0.1) is 0 Å². The van der Waals surface area contributed by atoms with Crippen LogP contribution in [0.2, 0.25) is 0 Å². The third-order valence-electron chi connectivity index (χ3n) is 3.08. The lowest BCUT2D eigenvalue weighted by Crippen LogP contribution is -2.22. The summed E-state index contributed by atoms with van der Waals surface area (Å²) < 4.78 is 10.2. The predicted molar refractivity (Wildman–Crippen MR) is 97.2 cm³/mol. The van der Waals surface area contributed by atoms with Gasteiger partial charge in [0.1, 0.15) is 11.5 Å². The number of carboxylic acids is 2. The lowest BCUT2D eigenvalue weighted by molar-refractivity contribution is -0.145. The van der Waals surface area contributed by atoms with Crippen molar-refractivity contribution in [2.45, 2.75) is 26.1 Å². The van der Waals surface area contributed by atoms with E-state index in [1.165, 1.54) is 13.8 Å². The van der Waals surface area contributed by atoms with Gasteiger partial charge >= 0.3 is 11.9 Å². The number of ether oxygens (including phenoxy) is 2.